The number of hydrogen-bond acceptors (Lipinski definition) is 3. The second-order valence-electron chi connectivity index (χ2n) is 5.70. The van der Waals surface area contributed by atoms with E-state index < -0.39 is 5.82 Å². The van der Waals surface area contributed by atoms with Crippen LogP contribution in [0.4, 0.5) is 10.1 Å². The number of nitrogens with one attached hydrogen (secondary N) is 1. The Morgan fingerprint density at radius 3 is 2.84 bits per heavy atom. The minimum Gasteiger partial charge on any atom is -0.496 e. The van der Waals surface area contributed by atoms with Crippen LogP contribution in [0.1, 0.15) is 16.8 Å². The average molecular weight is 363 g/mol. The summed E-state index contributed by atoms with van der Waals surface area (Å²) < 4.78 is 18.5. The van der Waals surface area contributed by atoms with Crippen LogP contribution in [-0.4, -0.2) is 31.5 Å². The quantitative estimate of drug-likeness (QED) is 0.909. The highest BCUT2D eigenvalue weighted by molar-refractivity contribution is 6.31. The van der Waals surface area contributed by atoms with Gasteiger partial charge >= 0.3 is 0 Å². The van der Waals surface area contributed by atoms with Gasteiger partial charge in [0.15, 0.2) is 0 Å². The topological polar surface area (TPSA) is 58.6 Å². The molecule has 0 spiro atoms. The first-order chi connectivity index (χ1) is 12.0. The molecule has 0 aliphatic carbocycles. The van der Waals surface area contributed by atoms with Crippen LogP contribution in [0.15, 0.2) is 42.5 Å². The molecule has 1 N–H and O–H groups in total. The van der Waals surface area contributed by atoms with Crippen molar-refractivity contribution in [3.05, 3.63) is 58.9 Å². The summed E-state index contributed by atoms with van der Waals surface area (Å²) in [5.41, 5.74) is 0.772. The minimum atomic E-state index is -0.415. The third kappa shape index (κ3) is 3.74. The molecule has 1 fully saturated rings. The summed E-state index contributed by atoms with van der Waals surface area (Å²) in [6, 6.07) is 10.2. The Morgan fingerprint density at radius 1 is 1.32 bits per heavy atom. The third-order valence-electron chi connectivity index (χ3n) is 3.99. The van der Waals surface area contributed by atoms with Crippen molar-refractivity contribution in [2.75, 3.05) is 18.6 Å². The summed E-state index contributed by atoms with van der Waals surface area (Å²) in [7, 11) is 1.46. The van der Waals surface area contributed by atoms with Gasteiger partial charge in [0.25, 0.3) is 5.91 Å². The molecule has 2 aromatic rings. The Labute approximate surface area is 149 Å². The summed E-state index contributed by atoms with van der Waals surface area (Å²) in [6.07, 6.45) is 0.144. The first kappa shape index (κ1) is 17.2. The maximum Gasteiger partial charge on any atom is 0.255 e. The maximum atomic E-state index is 13.4. The van der Waals surface area contributed by atoms with Gasteiger partial charge in [-0.25, -0.2) is 4.39 Å². The zero-order chi connectivity index (χ0) is 18.0. The first-order valence-electron chi connectivity index (χ1n) is 7.68. The second-order valence-corrected chi connectivity index (χ2v) is 6.14. The number of amides is 2. The van der Waals surface area contributed by atoms with Gasteiger partial charge in [-0.1, -0.05) is 17.7 Å². The van der Waals surface area contributed by atoms with Crippen LogP contribution in [0.25, 0.3) is 0 Å². The van der Waals surface area contributed by atoms with E-state index in [-0.39, 0.29) is 30.8 Å². The largest absolute Gasteiger partial charge is 0.496 e. The molecule has 5 nitrogen and oxygen atoms in total. The van der Waals surface area contributed by atoms with Gasteiger partial charge < -0.3 is 15.0 Å². The van der Waals surface area contributed by atoms with Crippen molar-refractivity contribution >= 4 is 29.1 Å². The van der Waals surface area contributed by atoms with Gasteiger partial charge in [0, 0.05) is 23.7 Å². The SMILES string of the molecule is COc1ccc(Cl)cc1C(=O)NC1CC(=O)N(c2cccc(F)c2)C1. The Morgan fingerprint density at radius 2 is 2.12 bits per heavy atom. The number of ether oxygens (including phenoxy) is 1. The lowest BCUT2D eigenvalue weighted by molar-refractivity contribution is -0.117. The van der Waals surface area contributed by atoms with Gasteiger partial charge in [0.2, 0.25) is 5.91 Å². The number of rotatable bonds is 4. The van der Waals surface area contributed by atoms with Crippen molar-refractivity contribution in [1.82, 2.24) is 5.32 Å². The molecule has 1 heterocycles. The average Bonchev–Trinajstić information content (AvgIpc) is 2.95. The summed E-state index contributed by atoms with van der Waals surface area (Å²) >= 11 is 5.94. The smallest absolute Gasteiger partial charge is 0.255 e. The third-order valence-corrected chi connectivity index (χ3v) is 4.22. The molecule has 1 aliphatic rings. The van der Waals surface area contributed by atoms with Crippen molar-refractivity contribution in [1.29, 1.82) is 0 Å². The number of carbonyl (C=O) groups excluding carboxylic acids is 2. The van der Waals surface area contributed by atoms with Gasteiger partial charge in [-0.15, -0.1) is 0 Å². The fourth-order valence-electron chi connectivity index (χ4n) is 2.82. The number of benzene rings is 2. The Balaban J connectivity index is 1.73. The number of anilines is 1. The van der Waals surface area contributed by atoms with E-state index in [0.717, 1.165) is 0 Å². The van der Waals surface area contributed by atoms with Crippen LogP contribution >= 0.6 is 11.6 Å². The zero-order valence-corrected chi connectivity index (χ0v) is 14.2. The van der Waals surface area contributed by atoms with Crippen molar-refractivity contribution in [3.8, 4) is 5.75 Å². The maximum absolute atomic E-state index is 13.4. The zero-order valence-electron chi connectivity index (χ0n) is 13.5. The number of methoxy groups -OCH3 is 1. The molecule has 1 unspecified atom stereocenters. The molecule has 130 valence electrons. The van der Waals surface area contributed by atoms with E-state index in [1.807, 2.05) is 0 Å². The van der Waals surface area contributed by atoms with Crippen molar-refractivity contribution in [2.24, 2.45) is 0 Å². The predicted molar refractivity (Wildman–Crippen MR) is 92.6 cm³/mol. The van der Waals surface area contributed by atoms with Gasteiger partial charge in [-0.3, -0.25) is 9.59 Å². The van der Waals surface area contributed by atoms with Gasteiger partial charge in [-0.05, 0) is 36.4 Å². The number of carbonyl (C=O) groups is 2. The molecule has 1 saturated heterocycles. The highest BCUT2D eigenvalue weighted by Gasteiger charge is 2.32. The minimum absolute atomic E-state index is 0.144. The van der Waals surface area contributed by atoms with Crippen molar-refractivity contribution in [3.63, 3.8) is 0 Å². The van der Waals surface area contributed by atoms with E-state index in [1.165, 1.54) is 30.2 Å². The van der Waals surface area contributed by atoms with Crippen LogP contribution < -0.4 is 15.0 Å². The van der Waals surface area contributed by atoms with Gasteiger partial charge in [-0.2, -0.15) is 0 Å². The highest BCUT2D eigenvalue weighted by atomic mass is 35.5. The second kappa shape index (κ2) is 7.11. The molecule has 1 aliphatic heterocycles. The number of hydrogen-bond donors (Lipinski definition) is 1. The van der Waals surface area contributed by atoms with E-state index in [0.29, 0.717) is 22.0 Å². The van der Waals surface area contributed by atoms with E-state index in [4.69, 9.17) is 16.3 Å². The molecule has 25 heavy (non-hydrogen) atoms. The Hall–Kier alpha value is -2.60. The lowest BCUT2D eigenvalue weighted by Gasteiger charge is -2.17. The van der Waals surface area contributed by atoms with Gasteiger partial charge in [0.1, 0.15) is 11.6 Å². The molecular weight excluding hydrogens is 347 g/mol. The first-order valence-corrected chi connectivity index (χ1v) is 8.06. The van der Waals surface area contributed by atoms with E-state index >= 15 is 0 Å². The Bertz CT molecular complexity index is 828. The predicted octanol–water partition coefficient (Wildman–Crippen LogP) is 3.02. The van der Waals surface area contributed by atoms with Crippen molar-refractivity contribution < 1.29 is 18.7 Å². The van der Waals surface area contributed by atoms with Gasteiger partial charge in [0.05, 0.1) is 18.7 Å². The summed E-state index contributed by atoms with van der Waals surface area (Å²) in [5, 5.41) is 3.22. The molecule has 0 aromatic heterocycles. The van der Waals surface area contributed by atoms with Crippen LogP contribution in [0.2, 0.25) is 5.02 Å². The van der Waals surface area contributed by atoms with Crippen LogP contribution in [-0.2, 0) is 4.79 Å². The summed E-state index contributed by atoms with van der Waals surface area (Å²) in [5.74, 6) is -0.568. The van der Waals surface area contributed by atoms with E-state index in [9.17, 15) is 14.0 Å². The van der Waals surface area contributed by atoms with E-state index in [2.05, 4.69) is 5.32 Å². The lowest BCUT2D eigenvalue weighted by atomic mass is 10.1. The molecule has 0 saturated carbocycles. The normalized spacial score (nSPS) is 16.8. The summed E-state index contributed by atoms with van der Waals surface area (Å²) in [6.45, 7) is 0.275. The van der Waals surface area contributed by atoms with E-state index in [1.54, 1.807) is 24.3 Å². The Kier molecular flexibility index (Phi) is 4.90. The fraction of sp³-hybridized carbons (Fsp3) is 0.222. The van der Waals surface area contributed by atoms with Crippen molar-refractivity contribution in [2.45, 2.75) is 12.5 Å². The molecule has 3 rings (SSSR count). The number of halogens is 2. The molecule has 2 amide bonds. The van der Waals surface area contributed by atoms with Crippen LogP contribution in [0.3, 0.4) is 0 Å². The van der Waals surface area contributed by atoms with Crippen LogP contribution in [0, 0.1) is 5.82 Å². The summed E-state index contributed by atoms with van der Waals surface area (Å²) in [4.78, 5) is 26.2. The molecule has 7 heteroatoms. The molecule has 0 radical (unpaired) electrons. The molecule has 1 atom stereocenters. The fourth-order valence-corrected chi connectivity index (χ4v) is 2.99. The number of nitrogens with zero attached hydrogens (tertiary/aromatic N) is 1. The molecule has 0 bridgehead atoms. The molecular formula is C18H16ClFN2O3. The molecule has 2 aromatic carbocycles. The highest BCUT2D eigenvalue weighted by Crippen LogP contribution is 2.25. The lowest BCUT2D eigenvalue weighted by Crippen LogP contribution is -2.37. The van der Waals surface area contributed by atoms with Crippen LogP contribution in [0.5, 0.6) is 5.75 Å². The monoisotopic (exact) mass is 362 g/mol. The standard InChI is InChI=1S/C18H16ClFN2O3/c1-25-16-6-5-11(19)7-15(16)18(24)21-13-9-17(23)22(10-13)14-4-2-3-12(20)8-14/h2-8,13H,9-10H2,1H3,(H,21,24).